The van der Waals surface area contributed by atoms with Gasteiger partial charge in [-0.3, -0.25) is 14.7 Å². The van der Waals surface area contributed by atoms with Gasteiger partial charge in [0, 0.05) is 20.7 Å². The zero-order valence-electron chi connectivity index (χ0n) is 15.0. The van der Waals surface area contributed by atoms with Gasteiger partial charge < -0.3 is 4.74 Å². The van der Waals surface area contributed by atoms with Crippen molar-refractivity contribution >= 4 is 35.0 Å². The van der Waals surface area contributed by atoms with Crippen LogP contribution < -0.4 is 4.74 Å². The Bertz CT molecular complexity index is 995. The Kier molecular flexibility index (Phi) is 6.43. The maximum Gasteiger partial charge on any atom is 0.220 e. The second-order valence-electron chi connectivity index (χ2n) is 5.85. The van der Waals surface area contributed by atoms with E-state index in [1.165, 1.54) is 11.8 Å². The second-order valence-corrected chi connectivity index (χ2v) is 7.86. The summed E-state index contributed by atoms with van der Waals surface area (Å²) < 4.78 is 7.02. The van der Waals surface area contributed by atoms with Crippen LogP contribution in [-0.2, 0) is 0 Å². The van der Waals surface area contributed by atoms with Crippen LogP contribution in [0.4, 0.5) is 0 Å². The van der Waals surface area contributed by atoms with E-state index >= 15 is 0 Å². The Morgan fingerprint density at radius 1 is 1.21 bits per heavy atom. The molecule has 0 N–H and O–H groups in total. The standard InChI is InChI=1S/C18H16Cl2N4O3S/c1-11-21-22-18(24(11)13-4-6-14(27-2)7-5-13)28-17(10-23(25)26)15-8-3-12(19)9-16(15)20/h3-9,17H,10H2,1-2H3/t17-/m1/s1. The molecule has 0 aliphatic carbocycles. The highest BCUT2D eigenvalue weighted by Gasteiger charge is 2.25. The minimum absolute atomic E-state index is 0.319. The number of nitro groups is 1. The van der Waals surface area contributed by atoms with Gasteiger partial charge in [0.15, 0.2) is 5.16 Å². The van der Waals surface area contributed by atoms with E-state index in [9.17, 15) is 10.1 Å². The lowest BCUT2D eigenvalue weighted by molar-refractivity contribution is -0.479. The van der Waals surface area contributed by atoms with E-state index in [1.54, 1.807) is 25.3 Å². The maximum atomic E-state index is 11.2. The van der Waals surface area contributed by atoms with Crippen LogP contribution in [0.3, 0.4) is 0 Å². The van der Waals surface area contributed by atoms with E-state index in [0.29, 0.717) is 26.6 Å². The molecule has 28 heavy (non-hydrogen) atoms. The molecule has 0 fully saturated rings. The largest absolute Gasteiger partial charge is 0.497 e. The van der Waals surface area contributed by atoms with Crippen LogP contribution in [0.15, 0.2) is 47.6 Å². The van der Waals surface area contributed by atoms with Crippen LogP contribution in [0.2, 0.25) is 10.0 Å². The summed E-state index contributed by atoms with van der Waals surface area (Å²) in [6.45, 7) is 1.50. The third kappa shape index (κ3) is 4.57. The molecular formula is C18H16Cl2N4O3S. The summed E-state index contributed by atoms with van der Waals surface area (Å²) in [6.07, 6.45) is 0. The Morgan fingerprint density at radius 3 is 2.54 bits per heavy atom. The number of nitrogens with zero attached hydrogens (tertiary/aromatic N) is 4. The number of hydrogen-bond acceptors (Lipinski definition) is 6. The van der Waals surface area contributed by atoms with Crippen molar-refractivity contribution in [3.63, 3.8) is 0 Å². The van der Waals surface area contributed by atoms with Crippen molar-refractivity contribution < 1.29 is 9.66 Å². The number of aryl methyl sites for hydroxylation is 1. The van der Waals surface area contributed by atoms with Gasteiger partial charge >= 0.3 is 0 Å². The minimum Gasteiger partial charge on any atom is -0.497 e. The number of ether oxygens (including phenoxy) is 1. The molecule has 1 atom stereocenters. The van der Waals surface area contributed by atoms with Crippen molar-refractivity contribution in [1.29, 1.82) is 0 Å². The number of methoxy groups -OCH3 is 1. The number of rotatable bonds is 7. The lowest BCUT2D eigenvalue weighted by Crippen LogP contribution is -2.11. The van der Waals surface area contributed by atoms with Crippen LogP contribution in [0.5, 0.6) is 5.75 Å². The van der Waals surface area contributed by atoms with Gasteiger partial charge in [0.05, 0.1) is 7.11 Å². The minimum atomic E-state index is -0.555. The molecule has 0 spiro atoms. The molecule has 146 valence electrons. The average molecular weight is 439 g/mol. The normalized spacial score (nSPS) is 12.0. The van der Waals surface area contributed by atoms with Gasteiger partial charge in [-0.1, -0.05) is 41.0 Å². The van der Waals surface area contributed by atoms with Crippen LogP contribution in [-0.4, -0.2) is 33.3 Å². The van der Waals surface area contributed by atoms with Crippen molar-refractivity contribution in [2.45, 2.75) is 17.3 Å². The van der Waals surface area contributed by atoms with Gasteiger partial charge in [-0.05, 0) is 48.9 Å². The second kappa shape index (κ2) is 8.81. The van der Waals surface area contributed by atoms with Gasteiger partial charge in [0.25, 0.3) is 0 Å². The molecule has 0 aliphatic rings. The first-order chi connectivity index (χ1) is 13.4. The smallest absolute Gasteiger partial charge is 0.220 e. The molecule has 0 amide bonds. The van der Waals surface area contributed by atoms with E-state index < -0.39 is 5.25 Å². The summed E-state index contributed by atoms with van der Waals surface area (Å²) in [5.74, 6) is 1.39. The lowest BCUT2D eigenvalue weighted by Gasteiger charge is -2.15. The molecule has 3 aromatic rings. The van der Waals surface area contributed by atoms with Crippen molar-refractivity contribution in [2.75, 3.05) is 13.7 Å². The fraction of sp³-hybridized carbons (Fsp3) is 0.222. The molecule has 0 aliphatic heterocycles. The SMILES string of the molecule is COc1ccc(-n2c(C)nnc2S[C@H](C[N+](=O)[O-])c2ccc(Cl)cc2Cl)cc1. The zero-order valence-corrected chi connectivity index (χ0v) is 17.3. The molecule has 1 aromatic heterocycles. The van der Waals surface area contributed by atoms with Crippen molar-refractivity contribution in [3.8, 4) is 11.4 Å². The summed E-state index contributed by atoms with van der Waals surface area (Å²) in [7, 11) is 1.60. The van der Waals surface area contributed by atoms with Crippen LogP contribution in [0.1, 0.15) is 16.6 Å². The Hall–Kier alpha value is -2.29. The Morgan fingerprint density at radius 2 is 1.93 bits per heavy atom. The molecule has 2 aromatic carbocycles. The molecule has 7 nitrogen and oxygen atoms in total. The molecule has 0 saturated carbocycles. The summed E-state index contributed by atoms with van der Waals surface area (Å²) in [6, 6.07) is 12.3. The highest BCUT2D eigenvalue weighted by molar-refractivity contribution is 7.99. The highest BCUT2D eigenvalue weighted by atomic mass is 35.5. The van der Waals surface area contributed by atoms with Crippen LogP contribution in [0.25, 0.3) is 5.69 Å². The number of aromatic nitrogens is 3. The van der Waals surface area contributed by atoms with Gasteiger partial charge in [-0.15, -0.1) is 10.2 Å². The van der Waals surface area contributed by atoms with E-state index in [4.69, 9.17) is 27.9 Å². The molecule has 0 unspecified atom stereocenters. The van der Waals surface area contributed by atoms with Crippen molar-refractivity contribution in [2.24, 2.45) is 0 Å². The molecule has 1 heterocycles. The van der Waals surface area contributed by atoms with Gasteiger partial charge in [-0.2, -0.15) is 0 Å². The lowest BCUT2D eigenvalue weighted by atomic mass is 10.1. The number of thioether (sulfide) groups is 1. The predicted octanol–water partition coefficient (Wildman–Crippen LogP) is 5.00. The first kappa shape index (κ1) is 20.4. The molecule has 3 rings (SSSR count). The monoisotopic (exact) mass is 438 g/mol. The summed E-state index contributed by atoms with van der Waals surface area (Å²) >= 11 is 13.5. The van der Waals surface area contributed by atoms with Gasteiger partial charge in [-0.25, -0.2) is 0 Å². The summed E-state index contributed by atoms with van der Waals surface area (Å²) in [4.78, 5) is 10.9. The van der Waals surface area contributed by atoms with E-state index in [-0.39, 0.29) is 11.5 Å². The summed E-state index contributed by atoms with van der Waals surface area (Å²) in [5, 5.41) is 20.4. The predicted molar refractivity (Wildman–Crippen MR) is 110 cm³/mol. The van der Waals surface area contributed by atoms with Crippen LogP contribution in [0, 0.1) is 17.0 Å². The fourth-order valence-electron chi connectivity index (χ4n) is 2.67. The van der Waals surface area contributed by atoms with Gasteiger partial charge in [0.2, 0.25) is 6.54 Å². The van der Waals surface area contributed by atoms with Crippen molar-refractivity contribution in [3.05, 3.63) is 74.0 Å². The molecule has 0 radical (unpaired) electrons. The van der Waals surface area contributed by atoms with Crippen molar-refractivity contribution in [1.82, 2.24) is 14.8 Å². The zero-order chi connectivity index (χ0) is 20.3. The molecule has 0 saturated heterocycles. The fourth-order valence-corrected chi connectivity index (χ4v) is 4.49. The molecule has 0 bridgehead atoms. The van der Waals surface area contributed by atoms with E-state index in [0.717, 1.165) is 11.4 Å². The number of benzene rings is 2. The summed E-state index contributed by atoms with van der Waals surface area (Å²) in [5.41, 5.74) is 1.45. The number of hydrogen-bond donors (Lipinski definition) is 0. The first-order valence-corrected chi connectivity index (χ1v) is 9.82. The molecular weight excluding hydrogens is 423 g/mol. The van der Waals surface area contributed by atoms with E-state index in [1.807, 2.05) is 35.8 Å². The Labute approximate surface area is 175 Å². The highest BCUT2D eigenvalue weighted by Crippen LogP contribution is 2.39. The van der Waals surface area contributed by atoms with E-state index in [2.05, 4.69) is 10.2 Å². The van der Waals surface area contributed by atoms with Crippen LogP contribution >= 0.6 is 35.0 Å². The third-order valence-corrected chi connectivity index (χ3v) is 5.72. The Balaban J connectivity index is 1.98. The maximum absolute atomic E-state index is 11.2. The topological polar surface area (TPSA) is 83.1 Å². The number of halogens is 2. The average Bonchev–Trinajstić information content (AvgIpc) is 3.01. The van der Waals surface area contributed by atoms with Gasteiger partial charge in [0.1, 0.15) is 16.8 Å². The first-order valence-electron chi connectivity index (χ1n) is 8.19. The molecule has 10 heteroatoms. The third-order valence-electron chi connectivity index (χ3n) is 4.00. The quantitative estimate of drug-likeness (QED) is 0.293.